The molecule has 2 unspecified atom stereocenters. The second-order valence-electron chi connectivity index (χ2n) is 9.45. The third-order valence-electron chi connectivity index (χ3n) is 7.65. The summed E-state index contributed by atoms with van der Waals surface area (Å²) in [5, 5.41) is 0. The van der Waals surface area contributed by atoms with E-state index in [2.05, 4.69) is 54.6 Å². The molecule has 0 saturated heterocycles. The van der Waals surface area contributed by atoms with E-state index in [4.69, 9.17) is 18.9 Å². The van der Waals surface area contributed by atoms with Gasteiger partial charge >= 0.3 is 0 Å². The van der Waals surface area contributed by atoms with Gasteiger partial charge in [-0.3, -0.25) is 0 Å². The number of ether oxygens (including phenoxy) is 4. The Labute approximate surface area is 195 Å². The van der Waals surface area contributed by atoms with E-state index in [1.165, 1.54) is 27.8 Å². The van der Waals surface area contributed by atoms with Crippen molar-refractivity contribution in [3.8, 4) is 23.0 Å². The zero-order valence-electron chi connectivity index (χ0n) is 19.3. The lowest BCUT2D eigenvalue weighted by Gasteiger charge is -2.48. The largest absolute Gasteiger partial charge is 0.493 e. The first-order valence-corrected chi connectivity index (χ1v) is 11.7. The highest BCUT2D eigenvalue weighted by Gasteiger charge is 2.45. The van der Waals surface area contributed by atoms with Crippen LogP contribution in [-0.2, 0) is 25.9 Å². The Kier molecular flexibility index (Phi) is 4.95. The van der Waals surface area contributed by atoms with Gasteiger partial charge in [-0.15, -0.1) is 0 Å². The Bertz CT molecular complexity index is 1190. The molecule has 3 aromatic carbocycles. The number of hydrogen-bond acceptors (Lipinski definition) is 4. The number of quaternary nitrogens is 1. The van der Waals surface area contributed by atoms with Crippen LogP contribution in [0.1, 0.15) is 40.3 Å². The molecule has 0 saturated carbocycles. The summed E-state index contributed by atoms with van der Waals surface area (Å²) in [6.45, 7) is 3.43. The maximum atomic E-state index is 5.81. The fraction of sp³-hybridized carbons (Fsp3) is 0.357. The number of rotatable bonds is 4. The second-order valence-corrected chi connectivity index (χ2v) is 9.45. The lowest BCUT2D eigenvalue weighted by atomic mass is 9.85. The fourth-order valence-corrected chi connectivity index (χ4v) is 6.09. The predicted octanol–water partition coefficient (Wildman–Crippen LogP) is 5.19. The highest BCUT2D eigenvalue weighted by atomic mass is 16.7. The van der Waals surface area contributed by atoms with E-state index in [1.807, 2.05) is 0 Å². The molecule has 0 N–H and O–H groups in total. The van der Waals surface area contributed by atoms with Gasteiger partial charge in [0.25, 0.3) is 0 Å². The van der Waals surface area contributed by atoms with Gasteiger partial charge in [0.15, 0.2) is 23.0 Å². The van der Waals surface area contributed by atoms with Gasteiger partial charge in [-0.25, -0.2) is 0 Å². The number of nitrogens with zero attached hydrogens (tertiary/aromatic N) is 1. The fourth-order valence-electron chi connectivity index (χ4n) is 6.09. The van der Waals surface area contributed by atoms with Crippen LogP contribution in [0.2, 0.25) is 0 Å². The lowest BCUT2D eigenvalue weighted by molar-refractivity contribution is -0.983. The molecule has 5 nitrogen and oxygen atoms in total. The zero-order chi connectivity index (χ0) is 22.4. The third kappa shape index (κ3) is 3.42. The third-order valence-corrected chi connectivity index (χ3v) is 7.65. The predicted molar refractivity (Wildman–Crippen MR) is 126 cm³/mol. The van der Waals surface area contributed by atoms with Crippen molar-refractivity contribution in [1.82, 2.24) is 0 Å². The highest BCUT2D eigenvalue weighted by Crippen LogP contribution is 2.49. The molecule has 33 heavy (non-hydrogen) atoms. The van der Waals surface area contributed by atoms with E-state index < -0.39 is 0 Å². The van der Waals surface area contributed by atoms with Crippen LogP contribution in [0.5, 0.6) is 23.0 Å². The van der Waals surface area contributed by atoms with Crippen LogP contribution in [0.3, 0.4) is 0 Å². The van der Waals surface area contributed by atoms with E-state index in [1.54, 1.807) is 14.2 Å². The first-order valence-electron chi connectivity index (χ1n) is 11.7. The summed E-state index contributed by atoms with van der Waals surface area (Å²) in [4.78, 5) is 0. The summed E-state index contributed by atoms with van der Waals surface area (Å²) < 4.78 is 23.8. The van der Waals surface area contributed by atoms with Crippen molar-refractivity contribution >= 4 is 0 Å². The van der Waals surface area contributed by atoms with Gasteiger partial charge in [0, 0.05) is 29.5 Å². The number of benzene rings is 3. The van der Waals surface area contributed by atoms with Crippen molar-refractivity contribution in [2.24, 2.45) is 0 Å². The monoisotopic (exact) mass is 444 g/mol. The smallest absolute Gasteiger partial charge is 0.231 e. The maximum Gasteiger partial charge on any atom is 0.231 e. The van der Waals surface area contributed by atoms with E-state index in [0.717, 1.165) is 66.4 Å². The zero-order valence-corrected chi connectivity index (χ0v) is 19.3. The van der Waals surface area contributed by atoms with Crippen LogP contribution in [0.25, 0.3) is 0 Å². The SMILES string of the molecule is COc1cc2c(cc1OC)C[N+]1(Cc3ccccc3)CCCc3cc4c(cc3C1C2)OCO4. The molecule has 0 radical (unpaired) electrons. The molecule has 3 aliphatic heterocycles. The molecule has 0 aromatic heterocycles. The molecule has 0 fully saturated rings. The van der Waals surface area contributed by atoms with E-state index in [9.17, 15) is 0 Å². The minimum absolute atomic E-state index is 0.312. The van der Waals surface area contributed by atoms with Crippen LogP contribution in [0.4, 0.5) is 0 Å². The molecule has 0 amide bonds. The molecule has 5 heteroatoms. The van der Waals surface area contributed by atoms with Gasteiger partial charge < -0.3 is 23.4 Å². The van der Waals surface area contributed by atoms with Gasteiger partial charge in [-0.1, -0.05) is 30.3 Å². The average molecular weight is 445 g/mol. The summed E-state index contributed by atoms with van der Waals surface area (Å²) >= 11 is 0. The summed E-state index contributed by atoms with van der Waals surface area (Å²) in [5.74, 6) is 3.39. The van der Waals surface area contributed by atoms with E-state index >= 15 is 0 Å². The molecule has 3 aromatic rings. The van der Waals surface area contributed by atoms with Gasteiger partial charge in [-0.2, -0.15) is 0 Å². The van der Waals surface area contributed by atoms with Crippen LogP contribution in [0, 0.1) is 0 Å². The Morgan fingerprint density at radius 2 is 1.61 bits per heavy atom. The molecule has 3 heterocycles. The van der Waals surface area contributed by atoms with E-state index in [0.29, 0.717) is 12.8 Å². The van der Waals surface area contributed by atoms with Crippen molar-refractivity contribution in [3.05, 3.63) is 82.4 Å². The van der Waals surface area contributed by atoms with Gasteiger partial charge in [0.2, 0.25) is 6.79 Å². The molecule has 170 valence electrons. The van der Waals surface area contributed by atoms with Crippen molar-refractivity contribution in [1.29, 1.82) is 0 Å². The molecule has 0 aliphatic carbocycles. The Balaban J connectivity index is 1.51. The lowest BCUT2D eigenvalue weighted by Crippen LogP contribution is -2.52. The minimum Gasteiger partial charge on any atom is -0.493 e. The standard InChI is InChI=1S/C28H30NO4/c1-30-25-13-21-11-24-23-15-28-27(32-18-33-28)12-20(23)9-6-10-29(24,16-19-7-4-3-5-8-19)17-22(21)14-26(25)31-2/h3-5,7-8,12-15,24H,6,9-11,16-18H2,1-2H3/q+1. The molecule has 6 rings (SSSR count). The quantitative estimate of drug-likeness (QED) is 0.519. The van der Waals surface area contributed by atoms with E-state index in [-0.39, 0.29) is 0 Å². The van der Waals surface area contributed by atoms with Gasteiger partial charge in [-0.05, 0) is 41.8 Å². The second kappa shape index (κ2) is 7.99. The summed E-state index contributed by atoms with van der Waals surface area (Å²) in [7, 11) is 3.43. The molecule has 0 spiro atoms. The highest BCUT2D eigenvalue weighted by molar-refractivity contribution is 5.52. The minimum atomic E-state index is 0.312. The molecule has 3 aliphatic rings. The topological polar surface area (TPSA) is 36.9 Å². The number of hydrogen-bond donors (Lipinski definition) is 0. The Hall–Kier alpha value is -3.18. The Morgan fingerprint density at radius 1 is 0.879 bits per heavy atom. The van der Waals surface area contributed by atoms with Crippen LogP contribution >= 0.6 is 0 Å². The maximum absolute atomic E-state index is 5.81. The summed E-state index contributed by atoms with van der Waals surface area (Å²) in [6.07, 6.45) is 3.19. The normalized spacial score (nSPS) is 22.5. The van der Waals surface area contributed by atoms with Crippen molar-refractivity contribution in [2.75, 3.05) is 27.6 Å². The summed E-state index contributed by atoms with van der Waals surface area (Å²) in [5.41, 5.74) is 6.92. The Morgan fingerprint density at radius 3 is 2.36 bits per heavy atom. The summed E-state index contributed by atoms with van der Waals surface area (Å²) in [6, 6.07) is 20.1. The molecular formula is C28H30NO4+. The first-order chi connectivity index (χ1) is 16.2. The number of fused-ring (bicyclic) bond motifs is 5. The number of methoxy groups -OCH3 is 2. The molecular weight excluding hydrogens is 414 g/mol. The average Bonchev–Trinajstić information content (AvgIpc) is 3.24. The van der Waals surface area contributed by atoms with Gasteiger partial charge in [0.1, 0.15) is 19.1 Å². The van der Waals surface area contributed by atoms with Crippen LogP contribution in [-0.4, -0.2) is 32.0 Å². The van der Waals surface area contributed by atoms with Crippen molar-refractivity contribution in [2.45, 2.75) is 38.4 Å². The van der Waals surface area contributed by atoms with Crippen LogP contribution < -0.4 is 18.9 Å². The van der Waals surface area contributed by atoms with Crippen molar-refractivity contribution in [3.63, 3.8) is 0 Å². The van der Waals surface area contributed by atoms with Gasteiger partial charge in [0.05, 0.1) is 20.8 Å². The number of aryl methyl sites for hydroxylation is 1. The first kappa shape index (κ1) is 20.4. The molecule has 0 bridgehead atoms. The van der Waals surface area contributed by atoms with Crippen molar-refractivity contribution < 1.29 is 23.4 Å². The van der Waals surface area contributed by atoms with Crippen LogP contribution in [0.15, 0.2) is 54.6 Å². The molecule has 2 atom stereocenters.